The minimum absolute atomic E-state index is 0.137. The molecule has 0 saturated carbocycles. The number of benzene rings is 2. The number of nitrogens with one attached hydrogen (secondary N) is 1. The summed E-state index contributed by atoms with van der Waals surface area (Å²) < 4.78 is 10.5. The van der Waals surface area contributed by atoms with E-state index in [1.54, 1.807) is 38.5 Å². The van der Waals surface area contributed by atoms with Crippen molar-refractivity contribution in [2.24, 2.45) is 0 Å². The number of rotatable bonds is 8. The van der Waals surface area contributed by atoms with Crippen molar-refractivity contribution >= 4 is 11.9 Å². The molecule has 0 saturated heterocycles. The van der Waals surface area contributed by atoms with Gasteiger partial charge in [-0.25, -0.2) is 4.79 Å². The van der Waals surface area contributed by atoms with Crippen LogP contribution in [0, 0.1) is 13.8 Å². The van der Waals surface area contributed by atoms with Gasteiger partial charge in [-0.1, -0.05) is 18.2 Å². The van der Waals surface area contributed by atoms with E-state index in [0.29, 0.717) is 23.5 Å². The van der Waals surface area contributed by atoms with E-state index in [2.05, 4.69) is 5.32 Å². The Labute approximate surface area is 159 Å². The Morgan fingerprint density at radius 1 is 1.11 bits per heavy atom. The molecule has 0 aliphatic heterocycles. The third-order valence-electron chi connectivity index (χ3n) is 4.62. The second kappa shape index (κ2) is 9.07. The minimum atomic E-state index is -1.09. The molecule has 0 spiro atoms. The van der Waals surface area contributed by atoms with Crippen molar-refractivity contribution in [3.05, 3.63) is 58.7 Å². The highest BCUT2D eigenvalue weighted by atomic mass is 16.5. The predicted octanol–water partition coefficient (Wildman–Crippen LogP) is 3.20. The summed E-state index contributed by atoms with van der Waals surface area (Å²) in [4.78, 5) is 24.1. The van der Waals surface area contributed by atoms with E-state index in [4.69, 9.17) is 9.47 Å². The average Bonchev–Trinajstić information content (AvgIpc) is 2.66. The lowest BCUT2D eigenvalue weighted by molar-refractivity contribution is -0.142. The number of hydrogen-bond acceptors (Lipinski definition) is 4. The van der Waals surface area contributed by atoms with Gasteiger partial charge in [-0.2, -0.15) is 0 Å². The highest BCUT2D eigenvalue weighted by Crippen LogP contribution is 2.25. The zero-order valence-corrected chi connectivity index (χ0v) is 16.0. The number of ether oxygens (including phenoxy) is 2. The maximum atomic E-state index is 12.4. The van der Waals surface area contributed by atoms with Crippen molar-refractivity contribution in [1.29, 1.82) is 0 Å². The molecule has 0 aliphatic carbocycles. The van der Waals surface area contributed by atoms with Gasteiger partial charge in [-0.05, 0) is 60.7 Å². The summed E-state index contributed by atoms with van der Waals surface area (Å²) in [5.74, 6) is -0.0953. The summed E-state index contributed by atoms with van der Waals surface area (Å²) >= 11 is 0. The van der Waals surface area contributed by atoms with Crippen molar-refractivity contribution in [3.63, 3.8) is 0 Å². The zero-order valence-electron chi connectivity index (χ0n) is 16.0. The molecule has 0 bridgehead atoms. The summed E-state index contributed by atoms with van der Waals surface area (Å²) in [5, 5.41) is 12.2. The Morgan fingerprint density at radius 2 is 1.85 bits per heavy atom. The van der Waals surface area contributed by atoms with Crippen LogP contribution in [0.15, 0.2) is 36.4 Å². The van der Waals surface area contributed by atoms with Crippen LogP contribution < -0.4 is 14.8 Å². The first-order valence-corrected chi connectivity index (χ1v) is 8.66. The third kappa shape index (κ3) is 5.00. The molecule has 0 aromatic heterocycles. The Hall–Kier alpha value is -3.02. The van der Waals surface area contributed by atoms with Gasteiger partial charge in [0.2, 0.25) is 5.91 Å². The van der Waals surface area contributed by atoms with Gasteiger partial charge in [0, 0.05) is 6.42 Å². The molecule has 2 aromatic rings. The van der Waals surface area contributed by atoms with E-state index < -0.39 is 12.0 Å². The number of carboxylic acids is 1. The SMILES string of the molecule is COc1ccc(OC)c(CCC(=O)NC(C(=O)O)c2cccc(C)c2C)c1. The number of carboxylic acid groups (broad SMARTS) is 1. The Bertz CT molecular complexity index is 831. The molecule has 0 radical (unpaired) electrons. The van der Waals surface area contributed by atoms with E-state index in [1.807, 2.05) is 26.0 Å². The quantitative estimate of drug-likeness (QED) is 0.744. The lowest BCUT2D eigenvalue weighted by atomic mass is 9.97. The number of carbonyl (C=O) groups excluding carboxylic acids is 1. The second-order valence-electron chi connectivity index (χ2n) is 6.31. The molecule has 2 rings (SSSR count). The van der Waals surface area contributed by atoms with E-state index in [0.717, 1.165) is 16.7 Å². The second-order valence-corrected chi connectivity index (χ2v) is 6.31. The first-order chi connectivity index (χ1) is 12.9. The van der Waals surface area contributed by atoms with Crippen LogP contribution in [0.25, 0.3) is 0 Å². The fourth-order valence-electron chi connectivity index (χ4n) is 2.92. The maximum absolute atomic E-state index is 12.4. The summed E-state index contributed by atoms with van der Waals surface area (Å²) in [6.45, 7) is 3.77. The molecule has 1 amide bonds. The molecule has 6 nitrogen and oxygen atoms in total. The molecule has 2 aromatic carbocycles. The van der Waals surface area contributed by atoms with Crippen molar-refractivity contribution in [3.8, 4) is 11.5 Å². The summed E-state index contributed by atoms with van der Waals surface area (Å²) in [5.41, 5.74) is 3.26. The van der Waals surface area contributed by atoms with Crippen LogP contribution in [-0.2, 0) is 16.0 Å². The Morgan fingerprint density at radius 3 is 2.48 bits per heavy atom. The largest absolute Gasteiger partial charge is 0.497 e. The average molecular weight is 371 g/mol. The topological polar surface area (TPSA) is 84.9 Å². The van der Waals surface area contributed by atoms with Crippen LogP contribution in [0.1, 0.15) is 34.7 Å². The molecule has 144 valence electrons. The summed E-state index contributed by atoms with van der Waals surface area (Å²) in [7, 11) is 3.13. The van der Waals surface area contributed by atoms with Gasteiger partial charge >= 0.3 is 5.97 Å². The molecule has 6 heteroatoms. The van der Waals surface area contributed by atoms with E-state index in [9.17, 15) is 14.7 Å². The van der Waals surface area contributed by atoms with Gasteiger partial charge in [0.05, 0.1) is 14.2 Å². The van der Waals surface area contributed by atoms with Crippen molar-refractivity contribution in [2.75, 3.05) is 14.2 Å². The lowest BCUT2D eigenvalue weighted by Gasteiger charge is -2.18. The smallest absolute Gasteiger partial charge is 0.330 e. The number of amides is 1. The highest BCUT2D eigenvalue weighted by Gasteiger charge is 2.24. The van der Waals surface area contributed by atoms with E-state index >= 15 is 0 Å². The molecule has 2 N–H and O–H groups in total. The van der Waals surface area contributed by atoms with Crippen LogP contribution in [0.5, 0.6) is 11.5 Å². The number of methoxy groups -OCH3 is 2. The molecule has 0 fully saturated rings. The van der Waals surface area contributed by atoms with Crippen LogP contribution in [0.3, 0.4) is 0 Å². The van der Waals surface area contributed by atoms with Crippen molar-refractivity contribution in [2.45, 2.75) is 32.7 Å². The van der Waals surface area contributed by atoms with Crippen LogP contribution in [0.4, 0.5) is 0 Å². The summed E-state index contributed by atoms with van der Waals surface area (Å²) in [6.07, 6.45) is 0.545. The van der Waals surface area contributed by atoms with Crippen molar-refractivity contribution < 1.29 is 24.2 Å². The number of carbonyl (C=O) groups is 2. The Balaban J connectivity index is 2.11. The molecule has 0 heterocycles. The van der Waals surface area contributed by atoms with Crippen LogP contribution in [0.2, 0.25) is 0 Å². The molecular weight excluding hydrogens is 346 g/mol. The standard InChI is InChI=1S/C21H25NO5/c1-13-6-5-7-17(14(13)2)20(21(24)25)22-19(23)11-8-15-12-16(26-3)9-10-18(15)27-4/h5-7,9-10,12,20H,8,11H2,1-4H3,(H,22,23)(H,24,25). The molecule has 1 unspecified atom stereocenters. The van der Waals surface area contributed by atoms with Gasteiger partial charge in [0.1, 0.15) is 11.5 Å². The van der Waals surface area contributed by atoms with Gasteiger partial charge in [0.25, 0.3) is 0 Å². The van der Waals surface area contributed by atoms with Gasteiger partial charge in [-0.3, -0.25) is 4.79 Å². The molecule has 0 aliphatic rings. The lowest BCUT2D eigenvalue weighted by Crippen LogP contribution is -2.34. The fourth-order valence-corrected chi connectivity index (χ4v) is 2.92. The van der Waals surface area contributed by atoms with E-state index in [1.165, 1.54) is 0 Å². The highest BCUT2D eigenvalue weighted by molar-refractivity contribution is 5.85. The number of aliphatic carboxylic acids is 1. The molecule has 1 atom stereocenters. The normalized spacial score (nSPS) is 11.6. The maximum Gasteiger partial charge on any atom is 0.330 e. The number of hydrogen-bond donors (Lipinski definition) is 2. The molecular formula is C21H25NO5. The minimum Gasteiger partial charge on any atom is -0.497 e. The van der Waals surface area contributed by atoms with Crippen LogP contribution in [-0.4, -0.2) is 31.2 Å². The van der Waals surface area contributed by atoms with Gasteiger partial charge < -0.3 is 19.9 Å². The van der Waals surface area contributed by atoms with Gasteiger partial charge in [0.15, 0.2) is 6.04 Å². The fraction of sp³-hybridized carbons (Fsp3) is 0.333. The summed E-state index contributed by atoms with van der Waals surface area (Å²) in [6, 6.07) is 9.73. The van der Waals surface area contributed by atoms with Gasteiger partial charge in [-0.15, -0.1) is 0 Å². The first-order valence-electron chi connectivity index (χ1n) is 8.66. The predicted molar refractivity (Wildman–Crippen MR) is 102 cm³/mol. The monoisotopic (exact) mass is 371 g/mol. The third-order valence-corrected chi connectivity index (χ3v) is 4.62. The molecule has 27 heavy (non-hydrogen) atoms. The Kier molecular flexibility index (Phi) is 6.82. The first kappa shape index (κ1) is 20.3. The number of aryl methyl sites for hydroxylation is 2. The van der Waals surface area contributed by atoms with E-state index in [-0.39, 0.29) is 12.3 Å². The zero-order chi connectivity index (χ0) is 20.0. The van der Waals surface area contributed by atoms with Crippen LogP contribution >= 0.6 is 0 Å². The van der Waals surface area contributed by atoms with Crippen molar-refractivity contribution in [1.82, 2.24) is 5.32 Å².